The third-order valence-electron chi connectivity index (χ3n) is 5.47. The lowest BCUT2D eigenvalue weighted by Crippen LogP contribution is -2.51. The Morgan fingerprint density at radius 3 is 2.09 bits per heavy atom. The van der Waals surface area contributed by atoms with E-state index in [0.717, 1.165) is 43.9 Å². The quantitative estimate of drug-likeness (QED) is 0.778. The van der Waals surface area contributed by atoms with Crippen LogP contribution in [0.2, 0.25) is 0 Å². The first-order chi connectivity index (χ1) is 10.1. The van der Waals surface area contributed by atoms with Gasteiger partial charge in [-0.05, 0) is 50.5 Å². The summed E-state index contributed by atoms with van der Waals surface area (Å²) in [4.78, 5) is 15.7. The predicted molar refractivity (Wildman–Crippen MR) is 100.0 cm³/mol. The van der Waals surface area contributed by atoms with E-state index in [1.165, 1.54) is 38.8 Å². The average Bonchev–Trinajstić information content (AvgIpc) is 2.48. The Labute approximate surface area is 153 Å². The van der Waals surface area contributed by atoms with E-state index in [9.17, 15) is 4.79 Å². The minimum Gasteiger partial charge on any atom is -0.481 e. The van der Waals surface area contributed by atoms with Gasteiger partial charge in [-0.1, -0.05) is 13.8 Å². The van der Waals surface area contributed by atoms with Crippen molar-refractivity contribution in [2.45, 2.75) is 58.4 Å². The number of rotatable bonds is 6. The van der Waals surface area contributed by atoms with Crippen molar-refractivity contribution < 1.29 is 9.90 Å². The maximum Gasteiger partial charge on any atom is 0.303 e. The summed E-state index contributed by atoms with van der Waals surface area (Å²) in [5.74, 6) is 1.12. The highest BCUT2D eigenvalue weighted by Crippen LogP contribution is 2.32. The largest absolute Gasteiger partial charge is 0.481 e. The molecule has 23 heavy (non-hydrogen) atoms. The summed E-state index contributed by atoms with van der Waals surface area (Å²) in [6.07, 6.45) is 6.65. The fourth-order valence-corrected chi connectivity index (χ4v) is 3.94. The number of nitrogens with zero attached hydrogens (tertiary/aromatic N) is 2. The van der Waals surface area contributed by atoms with Crippen LogP contribution in [0, 0.1) is 11.8 Å². The van der Waals surface area contributed by atoms with Gasteiger partial charge in [0.15, 0.2) is 0 Å². The average molecular weight is 369 g/mol. The van der Waals surface area contributed by atoms with Gasteiger partial charge in [0.25, 0.3) is 0 Å². The van der Waals surface area contributed by atoms with Crippen LogP contribution >= 0.6 is 24.8 Å². The molecule has 1 heterocycles. The molecule has 0 aromatic heterocycles. The fourth-order valence-electron chi connectivity index (χ4n) is 3.94. The molecule has 4 nitrogen and oxygen atoms in total. The summed E-state index contributed by atoms with van der Waals surface area (Å²) < 4.78 is 0. The Kier molecular flexibility index (Phi) is 11.5. The van der Waals surface area contributed by atoms with Crippen LogP contribution in [0.4, 0.5) is 0 Å². The lowest BCUT2D eigenvalue weighted by molar-refractivity contribution is -0.137. The molecule has 2 aliphatic rings. The number of carboxylic acid groups (broad SMARTS) is 1. The van der Waals surface area contributed by atoms with Gasteiger partial charge in [0, 0.05) is 38.6 Å². The topological polar surface area (TPSA) is 43.8 Å². The summed E-state index contributed by atoms with van der Waals surface area (Å²) in [6.45, 7) is 10.2. The number of aliphatic carboxylic acids is 1. The van der Waals surface area contributed by atoms with Crippen LogP contribution in [0.15, 0.2) is 0 Å². The van der Waals surface area contributed by atoms with Crippen molar-refractivity contribution in [3.05, 3.63) is 0 Å². The van der Waals surface area contributed by atoms with Gasteiger partial charge in [0.05, 0.1) is 0 Å². The van der Waals surface area contributed by atoms with Crippen molar-refractivity contribution in [3.8, 4) is 0 Å². The number of halogens is 2. The third-order valence-corrected chi connectivity index (χ3v) is 5.47. The normalized spacial score (nSPS) is 26.4. The van der Waals surface area contributed by atoms with Crippen molar-refractivity contribution in [3.63, 3.8) is 0 Å². The second-order valence-corrected chi connectivity index (χ2v) is 7.19. The highest BCUT2D eigenvalue weighted by Gasteiger charge is 2.29. The van der Waals surface area contributed by atoms with E-state index in [1.807, 2.05) is 0 Å². The first kappa shape index (κ1) is 23.0. The van der Waals surface area contributed by atoms with Gasteiger partial charge in [-0.15, -0.1) is 24.8 Å². The number of carbonyl (C=O) groups is 1. The zero-order chi connectivity index (χ0) is 15.2. The Morgan fingerprint density at radius 2 is 1.61 bits per heavy atom. The van der Waals surface area contributed by atoms with Crippen molar-refractivity contribution in [2.24, 2.45) is 11.8 Å². The molecule has 2 rings (SSSR count). The molecule has 0 amide bonds. The number of carboxylic acids is 1. The molecule has 0 spiro atoms. The molecule has 0 radical (unpaired) electrons. The number of hydrogen-bond donors (Lipinski definition) is 1. The minimum absolute atomic E-state index is 0. The maximum absolute atomic E-state index is 10.5. The smallest absolute Gasteiger partial charge is 0.303 e. The fraction of sp³-hybridized carbons (Fsp3) is 0.941. The highest BCUT2D eigenvalue weighted by molar-refractivity contribution is 5.85. The Balaban J connectivity index is 0.00000242. The zero-order valence-corrected chi connectivity index (χ0v) is 16.2. The number of hydrogen-bond acceptors (Lipinski definition) is 3. The molecule has 1 saturated carbocycles. The SMILES string of the molecule is CC(C)C1CCC(N2CCN(CCCC(=O)O)CC2)CC1.Cl.Cl. The Hall–Kier alpha value is -0.0300. The standard InChI is InChI=1S/C17H32N2O2.2ClH/c1-14(2)15-5-7-16(8-6-15)19-12-10-18(11-13-19)9-3-4-17(20)21;;/h14-16H,3-13H2,1-2H3,(H,20,21);2*1H. The van der Waals surface area contributed by atoms with E-state index in [4.69, 9.17) is 5.11 Å². The summed E-state index contributed by atoms with van der Waals surface area (Å²) in [5.41, 5.74) is 0. The molecule has 1 aliphatic carbocycles. The summed E-state index contributed by atoms with van der Waals surface area (Å²) in [7, 11) is 0. The lowest BCUT2D eigenvalue weighted by Gasteiger charge is -2.42. The second kappa shape index (κ2) is 11.5. The van der Waals surface area contributed by atoms with E-state index in [1.54, 1.807) is 0 Å². The maximum atomic E-state index is 10.5. The van der Waals surface area contributed by atoms with Crippen LogP contribution in [-0.2, 0) is 4.79 Å². The van der Waals surface area contributed by atoms with Crippen molar-refractivity contribution in [1.82, 2.24) is 9.80 Å². The van der Waals surface area contributed by atoms with E-state index < -0.39 is 5.97 Å². The molecular weight excluding hydrogens is 335 g/mol. The molecule has 0 unspecified atom stereocenters. The lowest BCUT2D eigenvalue weighted by atomic mass is 9.79. The molecule has 6 heteroatoms. The first-order valence-corrected chi connectivity index (χ1v) is 8.74. The van der Waals surface area contributed by atoms with Crippen LogP contribution in [0.25, 0.3) is 0 Å². The van der Waals surface area contributed by atoms with E-state index in [0.29, 0.717) is 6.42 Å². The summed E-state index contributed by atoms with van der Waals surface area (Å²) in [6, 6.07) is 0.807. The van der Waals surface area contributed by atoms with Crippen LogP contribution in [0.1, 0.15) is 52.4 Å². The van der Waals surface area contributed by atoms with Crippen molar-refractivity contribution in [1.29, 1.82) is 0 Å². The molecule has 0 atom stereocenters. The van der Waals surface area contributed by atoms with Crippen molar-refractivity contribution in [2.75, 3.05) is 32.7 Å². The van der Waals surface area contributed by atoms with Crippen LogP contribution in [-0.4, -0.2) is 59.6 Å². The van der Waals surface area contributed by atoms with Gasteiger partial charge in [0.2, 0.25) is 0 Å². The van der Waals surface area contributed by atoms with Gasteiger partial charge in [0.1, 0.15) is 0 Å². The monoisotopic (exact) mass is 368 g/mol. The van der Waals surface area contributed by atoms with E-state index >= 15 is 0 Å². The van der Waals surface area contributed by atoms with E-state index in [2.05, 4.69) is 23.6 Å². The Bertz CT molecular complexity index is 327. The molecule has 1 aliphatic heterocycles. The summed E-state index contributed by atoms with van der Waals surface area (Å²) >= 11 is 0. The molecule has 138 valence electrons. The first-order valence-electron chi connectivity index (χ1n) is 8.74. The van der Waals surface area contributed by atoms with Gasteiger partial charge in [-0.2, -0.15) is 0 Å². The van der Waals surface area contributed by atoms with Gasteiger partial charge in [-0.3, -0.25) is 9.69 Å². The molecule has 0 aromatic rings. The predicted octanol–water partition coefficient (Wildman–Crippen LogP) is 3.53. The van der Waals surface area contributed by atoms with E-state index in [-0.39, 0.29) is 24.8 Å². The van der Waals surface area contributed by atoms with Gasteiger partial charge >= 0.3 is 5.97 Å². The van der Waals surface area contributed by atoms with Crippen LogP contribution in [0.3, 0.4) is 0 Å². The second-order valence-electron chi connectivity index (χ2n) is 7.19. The van der Waals surface area contributed by atoms with Crippen molar-refractivity contribution >= 4 is 30.8 Å². The molecule has 2 fully saturated rings. The summed E-state index contributed by atoms with van der Waals surface area (Å²) in [5, 5.41) is 8.69. The highest BCUT2D eigenvalue weighted by atomic mass is 35.5. The zero-order valence-electron chi connectivity index (χ0n) is 14.6. The molecule has 0 aromatic carbocycles. The molecule has 1 N–H and O–H groups in total. The van der Waals surface area contributed by atoms with Gasteiger partial charge in [-0.25, -0.2) is 0 Å². The number of piperazine rings is 1. The molecule has 0 bridgehead atoms. The van der Waals surface area contributed by atoms with Crippen LogP contribution in [0.5, 0.6) is 0 Å². The van der Waals surface area contributed by atoms with Crippen LogP contribution < -0.4 is 0 Å². The molecular formula is C17H34Cl2N2O2. The van der Waals surface area contributed by atoms with Gasteiger partial charge < -0.3 is 10.0 Å². The minimum atomic E-state index is -0.671. The Morgan fingerprint density at radius 1 is 1.04 bits per heavy atom. The molecule has 1 saturated heterocycles. The third kappa shape index (κ3) is 7.59.